The highest BCUT2D eigenvalue weighted by Gasteiger charge is 2.29. The molecule has 2 rings (SSSR count). The maximum atomic E-state index is 12.1. The zero-order valence-corrected chi connectivity index (χ0v) is 12.2. The monoisotopic (exact) mass is 266 g/mol. The Balaban J connectivity index is 1.79. The smallest absolute Gasteiger partial charge is 0.218 e. The van der Waals surface area contributed by atoms with Crippen molar-refractivity contribution in [3.8, 4) is 0 Å². The highest BCUT2D eigenvalue weighted by atomic mass is 16.7. The molecule has 19 heavy (non-hydrogen) atoms. The molecule has 3 heteroatoms. The van der Waals surface area contributed by atoms with Crippen LogP contribution in [0.1, 0.15) is 52.4 Å². The van der Waals surface area contributed by atoms with Crippen molar-refractivity contribution in [1.29, 1.82) is 0 Å². The zero-order chi connectivity index (χ0) is 13.7. The van der Waals surface area contributed by atoms with Crippen LogP contribution in [0, 0.1) is 11.8 Å². The molecule has 1 unspecified atom stereocenters. The molecule has 1 heterocycles. The number of Topliss-reactive ketones (excluding diaryl/α,β-unsaturated/α-hetero) is 1. The van der Waals surface area contributed by atoms with Crippen LogP contribution in [0.4, 0.5) is 0 Å². The van der Waals surface area contributed by atoms with E-state index in [2.05, 4.69) is 13.0 Å². The number of hydrogen-bond acceptors (Lipinski definition) is 3. The second-order valence-electron chi connectivity index (χ2n) is 5.87. The summed E-state index contributed by atoms with van der Waals surface area (Å²) in [7, 11) is 0. The Kier molecular flexibility index (Phi) is 5.59. The van der Waals surface area contributed by atoms with Gasteiger partial charge in [0.2, 0.25) is 6.29 Å². The predicted molar refractivity (Wildman–Crippen MR) is 74.8 cm³/mol. The number of carbonyl (C=O) groups is 1. The van der Waals surface area contributed by atoms with Crippen LogP contribution in [0.25, 0.3) is 0 Å². The van der Waals surface area contributed by atoms with Crippen LogP contribution in [0.2, 0.25) is 0 Å². The van der Waals surface area contributed by atoms with Crippen LogP contribution < -0.4 is 0 Å². The van der Waals surface area contributed by atoms with Gasteiger partial charge >= 0.3 is 0 Å². The minimum atomic E-state index is -0.605. The van der Waals surface area contributed by atoms with E-state index in [0.29, 0.717) is 13.2 Å². The van der Waals surface area contributed by atoms with E-state index in [0.717, 1.165) is 18.8 Å². The summed E-state index contributed by atoms with van der Waals surface area (Å²) in [5.41, 5.74) is 1.45. The Morgan fingerprint density at radius 1 is 1.42 bits per heavy atom. The minimum Gasteiger partial charge on any atom is -0.344 e. The second-order valence-corrected chi connectivity index (χ2v) is 5.87. The maximum Gasteiger partial charge on any atom is 0.218 e. The van der Waals surface area contributed by atoms with Crippen molar-refractivity contribution in [2.75, 3.05) is 13.2 Å². The van der Waals surface area contributed by atoms with Gasteiger partial charge in [-0.1, -0.05) is 38.3 Å². The predicted octanol–water partition coefficient (Wildman–Crippen LogP) is 3.48. The quantitative estimate of drug-likeness (QED) is 0.690. The van der Waals surface area contributed by atoms with E-state index in [1.165, 1.54) is 31.3 Å². The fourth-order valence-corrected chi connectivity index (χ4v) is 3.05. The van der Waals surface area contributed by atoms with Crippen LogP contribution >= 0.6 is 0 Å². The zero-order valence-electron chi connectivity index (χ0n) is 12.2. The standard InChI is InChI=1S/C16H26O3/c1-3-4-13-5-7-14(8-6-13)11-12(2)15(17)16-18-9-10-19-16/h7,12-13,16H,3-6,8-11H2,1-2H3/t12?,13-/m1/s1. The largest absolute Gasteiger partial charge is 0.344 e. The molecule has 1 fully saturated rings. The molecule has 0 radical (unpaired) electrons. The van der Waals surface area contributed by atoms with Crippen molar-refractivity contribution >= 4 is 5.78 Å². The van der Waals surface area contributed by atoms with E-state index in [-0.39, 0.29) is 11.7 Å². The Morgan fingerprint density at radius 2 is 2.16 bits per heavy atom. The van der Waals surface area contributed by atoms with Gasteiger partial charge in [0.05, 0.1) is 13.2 Å². The van der Waals surface area contributed by atoms with Gasteiger partial charge in [-0.3, -0.25) is 4.79 Å². The maximum absolute atomic E-state index is 12.1. The molecule has 1 aliphatic carbocycles. The number of ether oxygens (including phenoxy) is 2. The molecule has 2 aliphatic rings. The van der Waals surface area contributed by atoms with Gasteiger partial charge in [-0.05, 0) is 31.6 Å². The summed E-state index contributed by atoms with van der Waals surface area (Å²) in [6.45, 7) is 5.34. The van der Waals surface area contributed by atoms with Crippen LogP contribution in [0.3, 0.4) is 0 Å². The van der Waals surface area contributed by atoms with Crippen molar-refractivity contribution in [3.63, 3.8) is 0 Å². The van der Waals surface area contributed by atoms with Gasteiger partial charge < -0.3 is 9.47 Å². The molecule has 1 saturated heterocycles. The first-order valence-corrected chi connectivity index (χ1v) is 7.65. The molecule has 0 bridgehead atoms. The molecule has 0 aromatic rings. The van der Waals surface area contributed by atoms with Crippen LogP contribution in [0.5, 0.6) is 0 Å². The van der Waals surface area contributed by atoms with Crippen molar-refractivity contribution in [2.24, 2.45) is 11.8 Å². The average Bonchev–Trinajstić information content (AvgIpc) is 2.94. The first-order chi connectivity index (χ1) is 9.20. The molecule has 0 amide bonds. The highest BCUT2D eigenvalue weighted by molar-refractivity contribution is 5.84. The minimum absolute atomic E-state index is 0.0112. The first-order valence-electron chi connectivity index (χ1n) is 7.65. The number of carbonyl (C=O) groups excluding carboxylic acids is 1. The molecule has 0 aromatic carbocycles. The van der Waals surface area contributed by atoms with Gasteiger partial charge in [0.25, 0.3) is 0 Å². The SMILES string of the molecule is CCC[C@@H]1CC=C(CC(C)C(=O)C2OCCO2)CC1. The normalized spacial score (nSPS) is 26.2. The number of hydrogen-bond donors (Lipinski definition) is 0. The molecule has 1 aliphatic heterocycles. The lowest BCUT2D eigenvalue weighted by Crippen LogP contribution is -2.28. The molecule has 0 N–H and O–H groups in total. The lowest BCUT2D eigenvalue weighted by molar-refractivity contribution is -0.148. The van der Waals surface area contributed by atoms with Gasteiger partial charge in [0, 0.05) is 5.92 Å². The number of ketones is 1. The Morgan fingerprint density at radius 3 is 2.74 bits per heavy atom. The van der Waals surface area contributed by atoms with Crippen molar-refractivity contribution in [1.82, 2.24) is 0 Å². The van der Waals surface area contributed by atoms with Gasteiger partial charge in [-0.15, -0.1) is 0 Å². The highest BCUT2D eigenvalue weighted by Crippen LogP contribution is 2.30. The molecule has 108 valence electrons. The van der Waals surface area contributed by atoms with Crippen LogP contribution in [-0.4, -0.2) is 25.3 Å². The summed E-state index contributed by atoms with van der Waals surface area (Å²) < 4.78 is 10.6. The first kappa shape index (κ1) is 14.7. The van der Waals surface area contributed by atoms with E-state index in [9.17, 15) is 4.79 Å². The Labute approximate surface area is 116 Å². The van der Waals surface area contributed by atoms with E-state index < -0.39 is 6.29 Å². The van der Waals surface area contributed by atoms with Crippen molar-refractivity contribution in [2.45, 2.75) is 58.7 Å². The molecular formula is C16H26O3. The lowest BCUT2D eigenvalue weighted by Gasteiger charge is -2.23. The second kappa shape index (κ2) is 7.20. The fourth-order valence-electron chi connectivity index (χ4n) is 3.05. The Hall–Kier alpha value is -0.670. The average molecular weight is 266 g/mol. The molecule has 0 aromatic heterocycles. The summed E-state index contributed by atoms with van der Waals surface area (Å²) >= 11 is 0. The van der Waals surface area contributed by atoms with Crippen molar-refractivity contribution in [3.05, 3.63) is 11.6 Å². The van der Waals surface area contributed by atoms with Gasteiger partial charge in [-0.2, -0.15) is 0 Å². The lowest BCUT2D eigenvalue weighted by atomic mass is 9.83. The third-order valence-corrected chi connectivity index (χ3v) is 4.22. The van der Waals surface area contributed by atoms with E-state index in [1.54, 1.807) is 0 Å². The van der Waals surface area contributed by atoms with Gasteiger partial charge in [-0.25, -0.2) is 0 Å². The topological polar surface area (TPSA) is 35.5 Å². The molecule has 3 nitrogen and oxygen atoms in total. The van der Waals surface area contributed by atoms with Gasteiger partial charge in [0.15, 0.2) is 5.78 Å². The molecule has 0 saturated carbocycles. The number of rotatable bonds is 6. The molecular weight excluding hydrogens is 240 g/mol. The Bertz CT molecular complexity index is 329. The molecule has 2 atom stereocenters. The van der Waals surface area contributed by atoms with Crippen LogP contribution in [-0.2, 0) is 14.3 Å². The van der Waals surface area contributed by atoms with E-state index in [1.807, 2.05) is 6.92 Å². The van der Waals surface area contributed by atoms with Crippen LogP contribution in [0.15, 0.2) is 11.6 Å². The summed E-state index contributed by atoms with van der Waals surface area (Å²) in [5, 5.41) is 0. The summed E-state index contributed by atoms with van der Waals surface area (Å²) in [5.74, 6) is 0.979. The molecule has 0 spiro atoms. The van der Waals surface area contributed by atoms with Crippen molar-refractivity contribution < 1.29 is 14.3 Å². The van der Waals surface area contributed by atoms with E-state index in [4.69, 9.17) is 9.47 Å². The third kappa shape index (κ3) is 4.15. The summed E-state index contributed by atoms with van der Waals surface area (Å²) in [4.78, 5) is 12.1. The summed E-state index contributed by atoms with van der Waals surface area (Å²) in [6, 6.07) is 0. The fraction of sp³-hybridized carbons (Fsp3) is 0.812. The van der Waals surface area contributed by atoms with E-state index >= 15 is 0 Å². The third-order valence-electron chi connectivity index (χ3n) is 4.22. The van der Waals surface area contributed by atoms with Gasteiger partial charge in [0.1, 0.15) is 0 Å². The summed E-state index contributed by atoms with van der Waals surface area (Å²) in [6.07, 6.45) is 8.89. The number of allylic oxidation sites excluding steroid dienone is 2.